The van der Waals surface area contributed by atoms with E-state index in [0.29, 0.717) is 36.7 Å². The van der Waals surface area contributed by atoms with Gasteiger partial charge in [-0.25, -0.2) is 8.78 Å². The summed E-state index contributed by atoms with van der Waals surface area (Å²) in [5, 5.41) is 3.21. The molecule has 118 valence electrons. The summed E-state index contributed by atoms with van der Waals surface area (Å²) in [4.78, 5) is 1.65. The van der Waals surface area contributed by atoms with Gasteiger partial charge >= 0.3 is 0 Å². The van der Waals surface area contributed by atoms with Gasteiger partial charge < -0.3 is 10.2 Å². The van der Waals surface area contributed by atoms with Crippen molar-refractivity contribution in [2.24, 2.45) is 0 Å². The third kappa shape index (κ3) is 4.48. The second-order valence-corrected chi connectivity index (χ2v) is 8.04. The molecule has 1 N–H and O–H groups in total. The average molecular weight is 316 g/mol. The summed E-state index contributed by atoms with van der Waals surface area (Å²) in [6.07, 6.45) is 0. The molecule has 1 saturated heterocycles. The van der Waals surface area contributed by atoms with Crippen LogP contribution in [0.2, 0.25) is 0 Å². The molecule has 3 nitrogen and oxygen atoms in total. The molecule has 2 rings (SSSR count). The second kappa shape index (κ2) is 6.40. The zero-order valence-electron chi connectivity index (χ0n) is 12.7. The third-order valence-corrected chi connectivity index (χ3v) is 4.67. The van der Waals surface area contributed by atoms with Crippen LogP contribution in [0.4, 0.5) is 14.5 Å². The van der Waals surface area contributed by atoms with E-state index in [-0.39, 0.29) is 11.2 Å². The van der Waals surface area contributed by atoms with Crippen molar-refractivity contribution in [3.63, 3.8) is 0 Å². The van der Waals surface area contributed by atoms with Crippen molar-refractivity contribution < 1.29 is 13.0 Å². The number of nitrogens with one attached hydrogen (secondary N) is 1. The number of halogens is 2. The average Bonchev–Trinajstić information content (AvgIpc) is 2.37. The molecule has 1 heterocycles. The van der Waals surface area contributed by atoms with Crippen LogP contribution < -0.4 is 10.2 Å². The van der Waals surface area contributed by atoms with Crippen LogP contribution in [0.15, 0.2) is 12.1 Å². The Morgan fingerprint density at radius 2 is 1.71 bits per heavy atom. The van der Waals surface area contributed by atoms with Gasteiger partial charge in [0.05, 0.1) is 0 Å². The molecule has 0 spiro atoms. The lowest BCUT2D eigenvalue weighted by molar-refractivity contribution is 0.422. The van der Waals surface area contributed by atoms with Crippen molar-refractivity contribution in [3.8, 4) is 0 Å². The van der Waals surface area contributed by atoms with Gasteiger partial charge in [-0.05, 0) is 38.5 Å². The lowest BCUT2D eigenvalue weighted by Crippen LogP contribution is -2.39. The molecule has 1 aromatic carbocycles. The molecule has 0 saturated carbocycles. The fourth-order valence-electron chi connectivity index (χ4n) is 2.25. The Kier molecular flexibility index (Phi) is 4.99. The SMILES string of the molecule is CC(C)(C)NCc1cc(F)c(N2CCS(=O)CC2)c(F)c1. The highest BCUT2D eigenvalue weighted by Crippen LogP contribution is 2.26. The third-order valence-electron chi connectivity index (χ3n) is 3.39. The predicted molar refractivity (Wildman–Crippen MR) is 83.0 cm³/mol. The molecule has 0 radical (unpaired) electrons. The molecule has 0 aromatic heterocycles. The minimum absolute atomic E-state index is 0.00575. The summed E-state index contributed by atoms with van der Waals surface area (Å²) in [6, 6.07) is 2.76. The van der Waals surface area contributed by atoms with Crippen LogP contribution in [0.3, 0.4) is 0 Å². The molecule has 6 heteroatoms. The smallest absolute Gasteiger partial charge is 0.149 e. The van der Waals surface area contributed by atoms with E-state index in [1.165, 1.54) is 12.1 Å². The van der Waals surface area contributed by atoms with E-state index in [2.05, 4.69) is 5.32 Å². The monoisotopic (exact) mass is 316 g/mol. The molecule has 1 fully saturated rings. The molecule has 0 amide bonds. The lowest BCUT2D eigenvalue weighted by atomic mass is 10.1. The topological polar surface area (TPSA) is 32.3 Å². The number of hydrogen-bond acceptors (Lipinski definition) is 3. The normalized spacial score (nSPS) is 17.3. The number of nitrogens with zero attached hydrogens (tertiary/aromatic N) is 1. The maximum absolute atomic E-state index is 14.2. The van der Waals surface area contributed by atoms with Crippen molar-refractivity contribution in [2.45, 2.75) is 32.9 Å². The minimum Gasteiger partial charge on any atom is -0.365 e. The fourth-order valence-corrected chi connectivity index (χ4v) is 3.30. The maximum Gasteiger partial charge on any atom is 0.149 e. The van der Waals surface area contributed by atoms with Crippen LogP contribution in [0, 0.1) is 11.6 Å². The number of anilines is 1. The van der Waals surface area contributed by atoms with E-state index in [1.54, 1.807) is 4.90 Å². The highest BCUT2D eigenvalue weighted by Gasteiger charge is 2.22. The van der Waals surface area contributed by atoms with Gasteiger partial charge in [0.2, 0.25) is 0 Å². The zero-order valence-corrected chi connectivity index (χ0v) is 13.5. The van der Waals surface area contributed by atoms with Crippen molar-refractivity contribution in [2.75, 3.05) is 29.5 Å². The minimum atomic E-state index is -0.862. The fraction of sp³-hybridized carbons (Fsp3) is 0.600. The van der Waals surface area contributed by atoms with E-state index in [0.717, 1.165) is 0 Å². The van der Waals surface area contributed by atoms with Gasteiger partial charge in [-0.15, -0.1) is 0 Å². The molecule has 0 bridgehead atoms. The van der Waals surface area contributed by atoms with Crippen LogP contribution in [0.1, 0.15) is 26.3 Å². The molecule has 21 heavy (non-hydrogen) atoms. The van der Waals surface area contributed by atoms with Gasteiger partial charge in [-0.2, -0.15) is 0 Å². The van der Waals surface area contributed by atoms with E-state index in [1.807, 2.05) is 20.8 Å². The Balaban J connectivity index is 2.15. The first kappa shape index (κ1) is 16.4. The Morgan fingerprint density at radius 1 is 1.19 bits per heavy atom. The standard InChI is InChI=1S/C15H22F2N2OS/c1-15(2,3)18-10-11-8-12(16)14(13(17)9-11)19-4-6-21(20)7-5-19/h8-9,18H,4-7,10H2,1-3H3. The summed E-state index contributed by atoms with van der Waals surface area (Å²) < 4.78 is 39.8. The van der Waals surface area contributed by atoms with Gasteiger partial charge in [0.15, 0.2) is 0 Å². The van der Waals surface area contributed by atoms with Crippen LogP contribution in [0.5, 0.6) is 0 Å². The molecule has 1 aliphatic heterocycles. The number of rotatable bonds is 3. The highest BCUT2D eigenvalue weighted by atomic mass is 32.2. The van der Waals surface area contributed by atoms with Crippen molar-refractivity contribution in [3.05, 3.63) is 29.3 Å². The van der Waals surface area contributed by atoms with E-state index >= 15 is 0 Å². The molecule has 0 unspecified atom stereocenters. The van der Waals surface area contributed by atoms with E-state index < -0.39 is 22.4 Å². The van der Waals surface area contributed by atoms with Gasteiger partial charge in [0, 0.05) is 47.5 Å². The van der Waals surface area contributed by atoms with Crippen LogP contribution in [0.25, 0.3) is 0 Å². The lowest BCUT2D eigenvalue weighted by Gasteiger charge is -2.29. The van der Waals surface area contributed by atoms with Gasteiger partial charge in [-0.3, -0.25) is 4.21 Å². The summed E-state index contributed by atoms with van der Waals surface area (Å²) in [5.74, 6) is -0.167. The summed E-state index contributed by atoms with van der Waals surface area (Å²) in [7, 11) is -0.862. The van der Waals surface area contributed by atoms with Crippen LogP contribution in [-0.4, -0.2) is 34.3 Å². The highest BCUT2D eigenvalue weighted by molar-refractivity contribution is 7.85. The van der Waals surface area contributed by atoms with Crippen molar-refractivity contribution >= 4 is 16.5 Å². The molecule has 0 atom stereocenters. The first-order valence-electron chi connectivity index (χ1n) is 7.09. The van der Waals surface area contributed by atoms with Crippen LogP contribution >= 0.6 is 0 Å². The molecule has 0 aliphatic carbocycles. The molecular formula is C15H22F2N2OS. The zero-order chi connectivity index (χ0) is 15.6. The van der Waals surface area contributed by atoms with Crippen molar-refractivity contribution in [1.82, 2.24) is 5.32 Å². The number of hydrogen-bond donors (Lipinski definition) is 1. The van der Waals surface area contributed by atoms with E-state index in [4.69, 9.17) is 0 Å². The summed E-state index contributed by atoms with van der Waals surface area (Å²) in [5.41, 5.74) is 0.484. The van der Waals surface area contributed by atoms with E-state index in [9.17, 15) is 13.0 Å². The first-order valence-corrected chi connectivity index (χ1v) is 8.58. The first-order chi connectivity index (χ1) is 9.76. The summed E-state index contributed by atoms with van der Waals surface area (Å²) >= 11 is 0. The maximum atomic E-state index is 14.2. The largest absolute Gasteiger partial charge is 0.365 e. The predicted octanol–water partition coefficient (Wildman–Crippen LogP) is 2.42. The molecule has 1 aliphatic rings. The Labute approximate surface area is 127 Å². The molecular weight excluding hydrogens is 294 g/mol. The van der Waals surface area contributed by atoms with Crippen LogP contribution in [-0.2, 0) is 17.3 Å². The second-order valence-electron chi connectivity index (χ2n) is 6.35. The van der Waals surface area contributed by atoms with Gasteiger partial charge in [-0.1, -0.05) is 0 Å². The Bertz CT molecular complexity index is 510. The van der Waals surface area contributed by atoms with Gasteiger partial charge in [0.25, 0.3) is 0 Å². The Hall–Kier alpha value is -1.01. The Morgan fingerprint density at radius 3 is 2.19 bits per heavy atom. The quantitative estimate of drug-likeness (QED) is 0.929. The summed E-state index contributed by atoms with van der Waals surface area (Å²) in [6.45, 7) is 7.29. The van der Waals surface area contributed by atoms with Gasteiger partial charge in [0.1, 0.15) is 17.3 Å². The molecule has 1 aromatic rings. The van der Waals surface area contributed by atoms with Crippen molar-refractivity contribution in [1.29, 1.82) is 0 Å². The number of benzene rings is 1.